The zero-order valence-electron chi connectivity index (χ0n) is 7.27. The third-order valence-corrected chi connectivity index (χ3v) is 4.99. The molecule has 0 radical (unpaired) electrons. The molecule has 1 N–H and O–H groups in total. The average Bonchev–Trinajstić information content (AvgIpc) is 1.96. The topological polar surface area (TPSA) is 21.3 Å². The monoisotopic (exact) mass is 270 g/mol. The van der Waals surface area contributed by atoms with Crippen LogP contribution in [0.25, 0.3) is 0 Å². The van der Waals surface area contributed by atoms with Crippen molar-refractivity contribution in [1.29, 1.82) is 0 Å². The zero-order chi connectivity index (χ0) is 8.10. The van der Waals surface area contributed by atoms with E-state index in [-0.39, 0.29) is 0 Å². The number of alkyl halides is 2. The minimum atomic E-state index is 0.409. The molecule has 0 saturated carbocycles. The van der Waals surface area contributed by atoms with E-state index in [1.165, 1.54) is 17.3 Å². The van der Waals surface area contributed by atoms with E-state index >= 15 is 0 Å². The molecular formula is C8H17INO-. The fourth-order valence-electron chi connectivity index (χ4n) is 1.05. The number of nitrogens with one attached hydrogen (secondary N) is 1. The number of rotatable bonds is 1. The Bertz CT molecular complexity index is 100. The molecule has 1 fully saturated rings. The van der Waals surface area contributed by atoms with E-state index in [0.717, 1.165) is 10.5 Å². The molecule has 1 heterocycles. The van der Waals surface area contributed by atoms with Gasteiger partial charge in [0.15, 0.2) is 0 Å². The van der Waals surface area contributed by atoms with Crippen LogP contribution in [0.2, 0.25) is 0 Å². The van der Waals surface area contributed by atoms with Crippen LogP contribution in [-0.2, 0) is 4.84 Å². The molecule has 0 amide bonds. The molecule has 1 aliphatic rings. The molecule has 1 saturated heterocycles. The number of hydrogen-bond acceptors (Lipinski definition) is 2. The molecule has 0 aromatic heterocycles. The predicted octanol–water partition coefficient (Wildman–Crippen LogP) is -1.83. The van der Waals surface area contributed by atoms with E-state index in [0.29, 0.717) is 27.2 Å². The first kappa shape index (κ1) is 9.74. The van der Waals surface area contributed by atoms with Crippen LogP contribution < -0.4 is 26.7 Å². The van der Waals surface area contributed by atoms with Gasteiger partial charge in [-0.2, -0.15) is 0 Å². The quantitative estimate of drug-likeness (QED) is 0.447. The molecule has 3 heteroatoms. The Labute approximate surface area is 79.3 Å². The van der Waals surface area contributed by atoms with E-state index in [1.54, 1.807) is 0 Å². The molecule has 2 nitrogen and oxygen atoms in total. The van der Waals surface area contributed by atoms with Gasteiger partial charge in [-0.15, -0.1) is 0 Å². The Morgan fingerprint density at radius 3 is 3.18 bits per heavy atom. The summed E-state index contributed by atoms with van der Waals surface area (Å²) < 4.78 is 2.29. The summed E-state index contributed by atoms with van der Waals surface area (Å²) in [5, 5.41) is 0. The van der Waals surface area contributed by atoms with E-state index in [4.69, 9.17) is 4.84 Å². The third kappa shape index (κ3) is 3.71. The Morgan fingerprint density at radius 2 is 2.45 bits per heavy atom. The summed E-state index contributed by atoms with van der Waals surface area (Å²) in [5.41, 5.74) is 3.12. The second-order valence-corrected chi connectivity index (χ2v) is 7.03. The van der Waals surface area contributed by atoms with Crippen LogP contribution in [0.3, 0.4) is 0 Å². The first-order valence-electron chi connectivity index (χ1n) is 4.28. The van der Waals surface area contributed by atoms with Gasteiger partial charge in [0, 0.05) is 0 Å². The van der Waals surface area contributed by atoms with Crippen molar-refractivity contribution in [3.8, 4) is 0 Å². The van der Waals surface area contributed by atoms with Crippen molar-refractivity contribution in [2.75, 3.05) is 11.0 Å². The van der Waals surface area contributed by atoms with Gasteiger partial charge < -0.3 is 0 Å². The second-order valence-electron chi connectivity index (χ2n) is 2.95. The van der Waals surface area contributed by atoms with Crippen LogP contribution in [-0.4, -0.2) is 21.0 Å². The summed E-state index contributed by atoms with van der Waals surface area (Å²) in [6, 6.07) is 0.613. The molecule has 68 valence electrons. The van der Waals surface area contributed by atoms with Crippen molar-refractivity contribution < 1.29 is 26.0 Å². The molecule has 11 heavy (non-hydrogen) atoms. The molecule has 0 bridgehead atoms. The average molecular weight is 270 g/mol. The second kappa shape index (κ2) is 5.32. The molecule has 1 aliphatic heterocycles. The van der Waals surface area contributed by atoms with Gasteiger partial charge in [0.1, 0.15) is 0 Å². The van der Waals surface area contributed by atoms with Crippen LogP contribution >= 0.6 is 0 Å². The summed E-state index contributed by atoms with van der Waals surface area (Å²) in [4.78, 5) is 5.37. The molecule has 0 aromatic carbocycles. The van der Waals surface area contributed by atoms with E-state index in [9.17, 15) is 0 Å². The first-order chi connectivity index (χ1) is 5.33. The molecule has 1 rings (SSSR count). The van der Waals surface area contributed by atoms with E-state index < -0.39 is 0 Å². The van der Waals surface area contributed by atoms with Gasteiger partial charge in [-0.3, -0.25) is 0 Å². The summed E-state index contributed by atoms with van der Waals surface area (Å²) in [6.45, 7) is 5.43. The van der Waals surface area contributed by atoms with Crippen LogP contribution in [0.4, 0.5) is 0 Å². The van der Waals surface area contributed by atoms with Gasteiger partial charge in [0.25, 0.3) is 0 Å². The van der Waals surface area contributed by atoms with Crippen molar-refractivity contribution in [2.24, 2.45) is 0 Å². The van der Waals surface area contributed by atoms with Crippen LogP contribution in [0.5, 0.6) is 0 Å². The molecule has 0 spiro atoms. The summed E-state index contributed by atoms with van der Waals surface area (Å²) in [5.74, 6) is 0. The van der Waals surface area contributed by atoms with Crippen LogP contribution in [0.15, 0.2) is 0 Å². The van der Waals surface area contributed by atoms with Gasteiger partial charge in [0.05, 0.1) is 0 Å². The number of hydrogen-bond donors (Lipinski definition) is 1. The first-order valence-corrected chi connectivity index (χ1v) is 7.05. The summed E-state index contributed by atoms with van der Waals surface area (Å²) in [7, 11) is 0. The SMILES string of the molecule is CCC1CC[I-]C(C)CON1. The van der Waals surface area contributed by atoms with Gasteiger partial charge in [-0.05, 0) is 0 Å². The zero-order valence-corrected chi connectivity index (χ0v) is 9.43. The number of hydroxylamine groups is 1. The fraction of sp³-hybridized carbons (Fsp3) is 1.00. The standard InChI is InChI=1S/C8H17INO/c1-3-8-4-5-9-7(2)6-11-10-8/h7-8,10H,3-6H2,1-2H3/q-1. The van der Waals surface area contributed by atoms with Crippen molar-refractivity contribution in [3.63, 3.8) is 0 Å². The Kier molecular flexibility index (Phi) is 4.71. The van der Waals surface area contributed by atoms with Gasteiger partial charge in [0.2, 0.25) is 0 Å². The van der Waals surface area contributed by atoms with Crippen LogP contribution in [0.1, 0.15) is 26.7 Å². The molecule has 0 aliphatic carbocycles. The van der Waals surface area contributed by atoms with E-state index in [2.05, 4.69) is 19.3 Å². The number of halogens is 1. The molecular weight excluding hydrogens is 253 g/mol. The maximum atomic E-state index is 5.37. The molecule has 2 unspecified atom stereocenters. The maximum absolute atomic E-state index is 5.37. The molecule has 2 atom stereocenters. The van der Waals surface area contributed by atoms with E-state index in [1.807, 2.05) is 0 Å². The summed E-state index contributed by atoms with van der Waals surface area (Å²) >= 11 is 0.409. The van der Waals surface area contributed by atoms with Crippen molar-refractivity contribution in [2.45, 2.75) is 36.7 Å². The normalized spacial score (nSPS) is 35.1. The summed E-state index contributed by atoms with van der Waals surface area (Å²) in [6.07, 6.45) is 2.51. The predicted molar refractivity (Wildman–Crippen MR) is 42.1 cm³/mol. The van der Waals surface area contributed by atoms with Crippen LogP contribution in [0, 0.1) is 0 Å². The minimum absolute atomic E-state index is 0.409. The van der Waals surface area contributed by atoms with Gasteiger partial charge in [-0.1, -0.05) is 0 Å². The van der Waals surface area contributed by atoms with Crippen molar-refractivity contribution in [3.05, 3.63) is 0 Å². The van der Waals surface area contributed by atoms with Crippen molar-refractivity contribution >= 4 is 0 Å². The van der Waals surface area contributed by atoms with Crippen molar-refractivity contribution in [1.82, 2.24) is 5.48 Å². The Hall–Kier alpha value is 0.650. The van der Waals surface area contributed by atoms with Gasteiger partial charge >= 0.3 is 79.2 Å². The Morgan fingerprint density at radius 1 is 1.64 bits per heavy atom. The Balaban J connectivity index is 2.22. The molecule has 0 aromatic rings. The third-order valence-electron chi connectivity index (χ3n) is 1.89. The fourth-order valence-corrected chi connectivity index (χ4v) is 3.66. The van der Waals surface area contributed by atoms with Gasteiger partial charge in [-0.25, -0.2) is 0 Å².